The Bertz CT molecular complexity index is 638. The van der Waals surface area contributed by atoms with Crippen molar-refractivity contribution in [3.63, 3.8) is 0 Å². The Morgan fingerprint density at radius 1 is 1.13 bits per heavy atom. The second-order valence-electron chi connectivity index (χ2n) is 5.90. The van der Waals surface area contributed by atoms with Gasteiger partial charge in [0.2, 0.25) is 5.91 Å². The van der Waals surface area contributed by atoms with Gasteiger partial charge in [0, 0.05) is 23.2 Å². The Labute approximate surface area is 142 Å². The summed E-state index contributed by atoms with van der Waals surface area (Å²) in [5.41, 5.74) is 2.12. The van der Waals surface area contributed by atoms with Gasteiger partial charge in [0.25, 0.3) is 0 Å². The number of amides is 1. The van der Waals surface area contributed by atoms with Gasteiger partial charge in [0.15, 0.2) is 0 Å². The molecule has 2 aromatic rings. The molecule has 0 unspecified atom stereocenters. The van der Waals surface area contributed by atoms with Crippen LogP contribution in [0.1, 0.15) is 18.4 Å². The lowest BCUT2D eigenvalue weighted by atomic mass is 10.2. The van der Waals surface area contributed by atoms with Crippen molar-refractivity contribution in [3.05, 3.63) is 60.2 Å². The van der Waals surface area contributed by atoms with Gasteiger partial charge < -0.3 is 5.32 Å². The fraction of sp³-hybridized carbons (Fsp3) is 0.316. The monoisotopic (exact) mass is 326 g/mol. The Hall–Kier alpha value is -1.78. The maximum atomic E-state index is 12.3. The first-order chi connectivity index (χ1) is 11.2. The Morgan fingerprint density at radius 3 is 2.43 bits per heavy atom. The minimum Gasteiger partial charge on any atom is -0.325 e. The maximum Gasteiger partial charge on any atom is 0.238 e. The fourth-order valence-corrected chi connectivity index (χ4v) is 3.04. The number of carbonyl (C=O) groups is 1. The van der Waals surface area contributed by atoms with Gasteiger partial charge in [-0.2, -0.15) is 0 Å². The molecule has 0 saturated heterocycles. The van der Waals surface area contributed by atoms with Crippen LogP contribution in [0, 0.1) is 0 Å². The van der Waals surface area contributed by atoms with Crippen molar-refractivity contribution < 1.29 is 4.79 Å². The number of rotatable bonds is 7. The van der Waals surface area contributed by atoms with Crippen LogP contribution in [-0.2, 0) is 11.3 Å². The fourth-order valence-electron chi connectivity index (χ4n) is 2.63. The van der Waals surface area contributed by atoms with Crippen molar-refractivity contribution in [1.29, 1.82) is 0 Å². The molecule has 1 amide bonds. The number of benzene rings is 2. The van der Waals surface area contributed by atoms with Crippen LogP contribution in [0.15, 0.2) is 59.5 Å². The third-order valence-electron chi connectivity index (χ3n) is 4.01. The molecule has 0 spiro atoms. The molecule has 0 aliphatic heterocycles. The normalized spacial score (nSPS) is 14.0. The molecular weight excluding hydrogens is 304 g/mol. The summed E-state index contributed by atoms with van der Waals surface area (Å²) in [6.45, 7) is 1.29. The predicted octanol–water partition coefficient (Wildman–Crippen LogP) is 4.01. The first-order valence-electron chi connectivity index (χ1n) is 7.96. The third-order valence-corrected chi connectivity index (χ3v) is 4.76. The van der Waals surface area contributed by atoms with Gasteiger partial charge in [-0.3, -0.25) is 9.69 Å². The van der Waals surface area contributed by atoms with Crippen LogP contribution in [0.2, 0.25) is 0 Å². The van der Waals surface area contributed by atoms with E-state index in [2.05, 4.69) is 22.3 Å². The molecule has 3 nitrogen and oxygen atoms in total. The van der Waals surface area contributed by atoms with E-state index in [1.54, 1.807) is 11.8 Å². The summed E-state index contributed by atoms with van der Waals surface area (Å²) in [6.07, 6.45) is 4.44. The number of hydrogen-bond acceptors (Lipinski definition) is 3. The molecule has 1 N–H and O–H groups in total. The molecule has 0 aromatic heterocycles. The predicted molar refractivity (Wildman–Crippen MR) is 96.7 cm³/mol. The van der Waals surface area contributed by atoms with Gasteiger partial charge in [-0.25, -0.2) is 0 Å². The van der Waals surface area contributed by atoms with E-state index in [9.17, 15) is 4.79 Å². The Balaban J connectivity index is 1.57. The smallest absolute Gasteiger partial charge is 0.238 e. The highest BCUT2D eigenvalue weighted by atomic mass is 32.2. The Morgan fingerprint density at radius 2 is 1.83 bits per heavy atom. The molecule has 0 heterocycles. The second kappa shape index (κ2) is 7.66. The highest BCUT2D eigenvalue weighted by molar-refractivity contribution is 7.98. The lowest BCUT2D eigenvalue weighted by Crippen LogP contribution is -2.34. The number of hydrogen-bond donors (Lipinski definition) is 1. The molecule has 0 radical (unpaired) electrons. The molecule has 1 fully saturated rings. The molecule has 1 saturated carbocycles. The molecule has 3 rings (SSSR count). The SMILES string of the molecule is CSc1ccc(NC(=O)CN(Cc2ccccc2)C2CC2)cc1. The van der Waals surface area contributed by atoms with E-state index in [0.717, 1.165) is 12.2 Å². The standard InChI is InChI=1S/C19H22N2OS/c1-23-18-11-7-16(8-12-18)20-19(22)14-21(17-9-10-17)13-15-5-3-2-4-6-15/h2-8,11-12,17H,9-10,13-14H2,1H3,(H,20,22). The van der Waals surface area contributed by atoms with Crippen LogP contribution in [0.4, 0.5) is 5.69 Å². The lowest BCUT2D eigenvalue weighted by Gasteiger charge is -2.21. The largest absolute Gasteiger partial charge is 0.325 e. The first-order valence-corrected chi connectivity index (χ1v) is 9.19. The number of thioether (sulfide) groups is 1. The van der Waals surface area contributed by atoms with E-state index in [-0.39, 0.29) is 5.91 Å². The number of anilines is 1. The van der Waals surface area contributed by atoms with Crippen LogP contribution in [0.25, 0.3) is 0 Å². The maximum absolute atomic E-state index is 12.3. The molecule has 0 bridgehead atoms. The molecule has 2 aromatic carbocycles. The minimum atomic E-state index is 0.0599. The molecule has 1 aliphatic rings. The van der Waals surface area contributed by atoms with Gasteiger partial charge in [-0.1, -0.05) is 30.3 Å². The van der Waals surface area contributed by atoms with Crippen molar-refractivity contribution in [2.24, 2.45) is 0 Å². The highest BCUT2D eigenvalue weighted by Crippen LogP contribution is 2.28. The molecular formula is C19H22N2OS. The van der Waals surface area contributed by atoms with Crippen LogP contribution >= 0.6 is 11.8 Å². The van der Waals surface area contributed by atoms with E-state index >= 15 is 0 Å². The van der Waals surface area contributed by atoms with Crippen molar-refractivity contribution in [2.75, 3.05) is 18.1 Å². The van der Waals surface area contributed by atoms with Gasteiger partial charge in [0.1, 0.15) is 0 Å². The summed E-state index contributed by atoms with van der Waals surface area (Å²) in [7, 11) is 0. The summed E-state index contributed by atoms with van der Waals surface area (Å²) in [5, 5.41) is 3.00. The van der Waals surface area contributed by atoms with Gasteiger partial charge in [-0.15, -0.1) is 11.8 Å². The van der Waals surface area contributed by atoms with Crippen molar-refractivity contribution in [3.8, 4) is 0 Å². The first kappa shape index (κ1) is 16.1. The third kappa shape index (κ3) is 4.85. The number of nitrogens with zero attached hydrogens (tertiary/aromatic N) is 1. The average Bonchev–Trinajstić information content (AvgIpc) is 3.41. The van der Waals surface area contributed by atoms with E-state index in [4.69, 9.17) is 0 Å². The lowest BCUT2D eigenvalue weighted by molar-refractivity contribution is -0.117. The van der Waals surface area contributed by atoms with Gasteiger partial charge in [-0.05, 0) is 48.9 Å². The minimum absolute atomic E-state index is 0.0599. The summed E-state index contributed by atoms with van der Waals surface area (Å²) in [4.78, 5) is 15.8. The van der Waals surface area contributed by atoms with Gasteiger partial charge in [0.05, 0.1) is 6.54 Å². The molecule has 1 aliphatic carbocycles. The quantitative estimate of drug-likeness (QED) is 0.780. The van der Waals surface area contributed by atoms with Crippen LogP contribution < -0.4 is 5.32 Å². The second-order valence-corrected chi connectivity index (χ2v) is 6.78. The molecule has 4 heteroatoms. The summed E-state index contributed by atoms with van der Waals surface area (Å²) in [6, 6.07) is 18.9. The Kier molecular flexibility index (Phi) is 5.36. The molecule has 23 heavy (non-hydrogen) atoms. The zero-order valence-electron chi connectivity index (χ0n) is 13.4. The van der Waals surface area contributed by atoms with E-state index in [0.29, 0.717) is 12.6 Å². The number of nitrogens with one attached hydrogen (secondary N) is 1. The van der Waals surface area contributed by atoms with Crippen molar-refractivity contribution >= 4 is 23.4 Å². The van der Waals surface area contributed by atoms with E-state index in [1.807, 2.05) is 48.7 Å². The van der Waals surface area contributed by atoms with E-state index in [1.165, 1.54) is 23.3 Å². The number of carbonyl (C=O) groups excluding carboxylic acids is 1. The summed E-state index contributed by atoms with van der Waals surface area (Å²) < 4.78 is 0. The zero-order chi connectivity index (χ0) is 16.1. The topological polar surface area (TPSA) is 32.3 Å². The molecule has 120 valence electrons. The highest BCUT2D eigenvalue weighted by Gasteiger charge is 2.30. The van der Waals surface area contributed by atoms with Crippen molar-refractivity contribution in [1.82, 2.24) is 4.90 Å². The van der Waals surface area contributed by atoms with Crippen molar-refractivity contribution in [2.45, 2.75) is 30.3 Å². The average molecular weight is 326 g/mol. The van der Waals surface area contributed by atoms with E-state index < -0.39 is 0 Å². The van der Waals surface area contributed by atoms with Gasteiger partial charge >= 0.3 is 0 Å². The molecule has 0 atom stereocenters. The summed E-state index contributed by atoms with van der Waals surface area (Å²) >= 11 is 1.70. The van der Waals surface area contributed by atoms with Crippen LogP contribution in [0.3, 0.4) is 0 Å². The zero-order valence-corrected chi connectivity index (χ0v) is 14.2. The van der Waals surface area contributed by atoms with Crippen LogP contribution in [-0.4, -0.2) is 29.6 Å². The van der Waals surface area contributed by atoms with Crippen LogP contribution in [0.5, 0.6) is 0 Å². The summed E-state index contributed by atoms with van der Waals surface area (Å²) in [5.74, 6) is 0.0599.